The Morgan fingerprint density at radius 1 is 1.43 bits per heavy atom. The quantitative estimate of drug-likeness (QED) is 0.483. The highest BCUT2D eigenvalue weighted by Gasteiger charge is 1.99. The number of halogens is 1. The van der Waals surface area contributed by atoms with E-state index in [0.717, 1.165) is 11.3 Å². The van der Waals surface area contributed by atoms with Crippen molar-refractivity contribution in [2.75, 3.05) is 7.11 Å². The molecule has 2 nitrogen and oxygen atoms in total. The summed E-state index contributed by atoms with van der Waals surface area (Å²) >= 11 is 2.06. The lowest BCUT2D eigenvalue weighted by atomic mass is 10.2. The molecule has 1 rings (SSSR count). The molecule has 0 fully saturated rings. The summed E-state index contributed by atoms with van der Waals surface area (Å²) in [4.78, 5) is 0. The lowest BCUT2D eigenvalue weighted by Crippen LogP contribution is -2.00. The zero-order valence-corrected chi connectivity index (χ0v) is 10.0. The molecule has 1 aromatic rings. The maximum absolute atomic E-state index is 5.36. The predicted octanol–water partition coefficient (Wildman–Crippen LogP) is 2.61. The molecule has 1 aromatic carbocycles. The van der Waals surface area contributed by atoms with Crippen molar-refractivity contribution < 1.29 is 9.47 Å². The summed E-state index contributed by atoms with van der Waals surface area (Å²) in [5, 5.41) is 0. The molecule has 14 heavy (non-hydrogen) atoms. The van der Waals surface area contributed by atoms with Crippen LogP contribution in [0.5, 0.6) is 5.75 Å². The average molecular weight is 302 g/mol. The van der Waals surface area contributed by atoms with Gasteiger partial charge in [0.15, 0.2) is 4.11 Å². The number of hydrogen-bond donors (Lipinski definition) is 0. The minimum absolute atomic E-state index is 0.172. The maximum Gasteiger partial charge on any atom is 0.169 e. The van der Waals surface area contributed by atoms with Gasteiger partial charge in [-0.3, -0.25) is 0 Å². The molecule has 0 saturated heterocycles. The molecule has 74 valence electrons. The summed E-state index contributed by atoms with van der Waals surface area (Å²) in [5.74, 6) is 3.34. The number of alkyl halides is 1. The second-order valence-electron chi connectivity index (χ2n) is 2.64. The average Bonchev–Trinajstić information content (AvgIpc) is 2.26. The number of methoxy groups -OCH3 is 1. The molecule has 0 saturated carbocycles. The Kier molecular flexibility index (Phi) is 4.77. The van der Waals surface area contributed by atoms with E-state index in [9.17, 15) is 0 Å². The first kappa shape index (κ1) is 11.3. The van der Waals surface area contributed by atoms with Gasteiger partial charge in [-0.15, -0.1) is 6.42 Å². The van der Waals surface area contributed by atoms with Crippen LogP contribution in [0.2, 0.25) is 0 Å². The number of benzene rings is 1. The van der Waals surface area contributed by atoms with E-state index in [-0.39, 0.29) is 4.11 Å². The third-order valence-corrected chi connectivity index (χ3v) is 2.41. The van der Waals surface area contributed by atoms with Crippen LogP contribution in [0, 0.1) is 12.3 Å². The van der Waals surface area contributed by atoms with E-state index in [2.05, 4.69) is 28.5 Å². The van der Waals surface area contributed by atoms with Crippen LogP contribution in [-0.2, 0) is 11.3 Å². The third-order valence-electron chi connectivity index (χ3n) is 1.69. The van der Waals surface area contributed by atoms with Crippen molar-refractivity contribution in [3.63, 3.8) is 0 Å². The fourth-order valence-electron chi connectivity index (χ4n) is 0.939. The number of terminal acetylenes is 1. The van der Waals surface area contributed by atoms with Crippen molar-refractivity contribution >= 4 is 22.6 Å². The van der Waals surface area contributed by atoms with Gasteiger partial charge in [0, 0.05) is 0 Å². The second-order valence-corrected chi connectivity index (χ2v) is 3.77. The number of ether oxygens (including phenoxy) is 2. The van der Waals surface area contributed by atoms with Crippen LogP contribution in [0.4, 0.5) is 0 Å². The normalized spacial score (nSPS) is 11.8. The van der Waals surface area contributed by atoms with E-state index < -0.39 is 0 Å². The molecular weight excluding hydrogens is 291 g/mol. The molecule has 0 aromatic heterocycles. The monoisotopic (exact) mass is 302 g/mol. The minimum atomic E-state index is -0.172. The van der Waals surface area contributed by atoms with Gasteiger partial charge in [-0.1, -0.05) is 18.1 Å². The van der Waals surface area contributed by atoms with E-state index in [1.165, 1.54) is 0 Å². The molecule has 0 heterocycles. The summed E-state index contributed by atoms with van der Waals surface area (Å²) in [6, 6.07) is 7.71. The van der Waals surface area contributed by atoms with Gasteiger partial charge in [-0.25, -0.2) is 0 Å². The van der Waals surface area contributed by atoms with Crippen molar-refractivity contribution in [3.8, 4) is 18.1 Å². The lowest BCUT2D eigenvalue weighted by molar-refractivity contribution is 0.141. The van der Waals surface area contributed by atoms with Crippen LogP contribution >= 0.6 is 22.6 Å². The molecule has 1 unspecified atom stereocenters. The van der Waals surface area contributed by atoms with Crippen LogP contribution < -0.4 is 4.74 Å². The predicted molar refractivity (Wildman–Crippen MR) is 64.4 cm³/mol. The van der Waals surface area contributed by atoms with Crippen LogP contribution in [-0.4, -0.2) is 11.2 Å². The van der Waals surface area contributed by atoms with E-state index in [0.29, 0.717) is 6.61 Å². The Morgan fingerprint density at radius 3 is 2.57 bits per heavy atom. The fraction of sp³-hybridized carbons (Fsp3) is 0.273. The number of rotatable bonds is 4. The maximum atomic E-state index is 5.36. The summed E-state index contributed by atoms with van der Waals surface area (Å²) in [6.07, 6.45) is 5.18. The molecule has 0 amide bonds. The van der Waals surface area contributed by atoms with Gasteiger partial charge >= 0.3 is 0 Å². The topological polar surface area (TPSA) is 18.5 Å². The minimum Gasteiger partial charge on any atom is -0.497 e. The standard InChI is InChI=1S/C11H11IO2/c1-3-11(12)14-8-9-4-6-10(13-2)7-5-9/h1,4-7,11H,8H2,2H3. The summed E-state index contributed by atoms with van der Waals surface area (Å²) in [6.45, 7) is 0.530. The zero-order chi connectivity index (χ0) is 10.4. The van der Waals surface area contributed by atoms with Crippen molar-refractivity contribution in [2.45, 2.75) is 10.7 Å². The van der Waals surface area contributed by atoms with Gasteiger partial charge < -0.3 is 9.47 Å². The molecule has 0 bridgehead atoms. The van der Waals surface area contributed by atoms with E-state index in [4.69, 9.17) is 15.9 Å². The molecule has 3 heteroatoms. The van der Waals surface area contributed by atoms with E-state index >= 15 is 0 Å². The molecule has 0 aliphatic rings. The SMILES string of the molecule is C#CC(I)OCc1ccc(OC)cc1. The molecule has 0 aliphatic heterocycles. The van der Waals surface area contributed by atoms with Crippen molar-refractivity contribution in [2.24, 2.45) is 0 Å². The smallest absolute Gasteiger partial charge is 0.169 e. The Morgan fingerprint density at radius 2 is 2.07 bits per heavy atom. The molecule has 1 atom stereocenters. The highest BCUT2D eigenvalue weighted by molar-refractivity contribution is 14.1. The number of hydrogen-bond acceptors (Lipinski definition) is 2. The summed E-state index contributed by atoms with van der Waals surface area (Å²) < 4.78 is 10.2. The molecule has 0 aliphatic carbocycles. The summed E-state index contributed by atoms with van der Waals surface area (Å²) in [7, 11) is 1.64. The first-order chi connectivity index (χ1) is 6.76. The van der Waals surface area contributed by atoms with Gasteiger partial charge in [0.2, 0.25) is 0 Å². The van der Waals surface area contributed by atoms with Crippen molar-refractivity contribution in [3.05, 3.63) is 29.8 Å². The molecule has 0 N–H and O–H groups in total. The van der Waals surface area contributed by atoms with Gasteiger partial charge in [0.05, 0.1) is 13.7 Å². The molecule has 0 spiro atoms. The fourth-order valence-corrected chi connectivity index (χ4v) is 1.12. The van der Waals surface area contributed by atoms with Crippen molar-refractivity contribution in [1.29, 1.82) is 0 Å². The Labute approximate surface area is 97.7 Å². The van der Waals surface area contributed by atoms with Crippen molar-refractivity contribution in [1.82, 2.24) is 0 Å². The van der Waals surface area contributed by atoms with Gasteiger partial charge in [-0.05, 0) is 40.3 Å². The Hall–Kier alpha value is -0.730. The third kappa shape index (κ3) is 3.56. The first-order valence-corrected chi connectivity index (χ1v) is 5.35. The van der Waals surface area contributed by atoms with Gasteiger partial charge in [0.1, 0.15) is 5.75 Å². The zero-order valence-electron chi connectivity index (χ0n) is 7.87. The molecular formula is C11H11IO2. The lowest BCUT2D eigenvalue weighted by Gasteiger charge is -2.06. The van der Waals surface area contributed by atoms with Crippen LogP contribution in [0.3, 0.4) is 0 Å². The summed E-state index contributed by atoms with van der Waals surface area (Å²) in [5.41, 5.74) is 1.09. The first-order valence-electron chi connectivity index (χ1n) is 4.11. The second kappa shape index (κ2) is 5.89. The Bertz CT molecular complexity index is 313. The van der Waals surface area contributed by atoms with Gasteiger partial charge in [-0.2, -0.15) is 0 Å². The van der Waals surface area contributed by atoms with Crippen LogP contribution in [0.1, 0.15) is 5.56 Å². The van der Waals surface area contributed by atoms with E-state index in [1.54, 1.807) is 7.11 Å². The van der Waals surface area contributed by atoms with Crippen LogP contribution in [0.15, 0.2) is 24.3 Å². The highest BCUT2D eigenvalue weighted by Crippen LogP contribution is 2.13. The van der Waals surface area contributed by atoms with Crippen LogP contribution in [0.25, 0.3) is 0 Å². The molecule has 0 radical (unpaired) electrons. The highest BCUT2D eigenvalue weighted by atomic mass is 127. The van der Waals surface area contributed by atoms with E-state index in [1.807, 2.05) is 24.3 Å². The van der Waals surface area contributed by atoms with Gasteiger partial charge in [0.25, 0.3) is 0 Å². The largest absolute Gasteiger partial charge is 0.497 e. The Balaban J connectivity index is 2.48.